The van der Waals surface area contributed by atoms with Crippen molar-refractivity contribution in [1.29, 1.82) is 0 Å². The minimum Gasteiger partial charge on any atom is -0.480 e. The van der Waals surface area contributed by atoms with Gasteiger partial charge >= 0.3 is 17.9 Å². The molecule has 0 spiro atoms. The molecule has 232 valence electrons. The molecule has 0 saturated carbocycles. The number of likely N-dealkylation sites (N-methyl/N-ethyl adjacent to an activating group) is 2. The highest BCUT2D eigenvalue weighted by molar-refractivity contribution is 5.78. The van der Waals surface area contributed by atoms with Crippen molar-refractivity contribution in [2.45, 2.75) is 37.6 Å². The van der Waals surface area contributed by atoms with Crippen molar-refractivity contribution in [2.24, 2.45) is 0 Å². The molecule has 1 saturated heterocycles. The molecule has 0 bridgehead atoms. The van der Waals surface area contributed by atoms with Crippen molar-refractivity contribution in [3.05, 3.63) is 0 Å². The van der Waals surface area contributed by atoms with E-state index in [0.717, 1.165) is 0 Å². The van der Waals surface area contributed by atoms with Crippen molar-refractivity contribution in [3.8, 4) is 0 Å². The highest BCUT2D eigenvalue weighted by atomic mass is 16.6. The fourth-order valence-corrected chi connectivity index (χ4v) is 4.15. The minimum atomic E-state index is -1.70. The van der Waals surface area contributed by atoms with Gasteiger partial charge in [0, 0.05) is 39.3 Å². The summed E-state index contributed by atoms with van der Waals surface area (Å²) in [4.78, 5) is 52.7. The molecule has 17 heteroatoms. The Hall–Kier alpha value is -2.48. The van der Waals surface area contributed by atoms with E-state index in [1.54, 1.807) is 28.7 Å². The summed E-state index contributed by atoms with van der Waals surface area (Å²) < 4.78 is 5.05. The molecule has 1 amide bonds. The van der Waals surface area contributed by atoms with Crippen LogP contribution in [0.25, 0.3) is 0 Å². The summed E-state index contributed by atoms with van der Waals surface area (Å²) in [7, 11) is 1.58. The lowest BCUT2D eigenvalue weighted by atomic mass is 9.97. The van der Waals surface area contributed by atoms with Crippen LogP contribution in [0.2, 0.25) is 0 Å². The third kappa shape index (κ3) is 13.2. The summed E-state index contributed by atoms with van der Waals surface area (Å²) in [6.45, 7) is 1.87. The predicted molar refractivity (Wildman–Crippen MR) is 137 cm³/mol. The first-order valence-electron chi connectivity index (χ1n) is 12.9. The fourth-order valence-electron chi connectivity index (χ4n) is 4.15. The third-order valence-electron chi connectivity index (χ3n) is 6.43. The summed E-state index contributed by atoms with van der Waals surface area (Å²) in [5, 5.41) is 69.5. The number of nitrogens with zero attached hydrogens (tertiary/aromatic N) is 4. The molecule has 2 unspecified atom stereocenters. The monoisotopic (exact) mass is 581 g/mol. The number of carboxylic acid groups (broad SMARTS) is 3. The van der Waals surface area contributed by atoms with Crippen molar-refractivity contribution >= 4 is 23.8 Å². The number of hydrogen-bond donors (Lipinski definition) is 8. The Bertz CT molecular complexity index is 821. The van der Waals surface area contributed by atoms with Gasteiger partial charge in [0.1, 0.15) is 24.4 Å². The topological polar surface area (TPSA) is 244 Å². The lowest BCUT2D eigenvalue weighted by Gasteiger charge is -2.40. The minimum absolute atomic E-state index is 0.175. The van der Waals surface area contributed by atoms with Crippen LogP contribution in [0, 0.1) is 0 Å². The molecule has 1 aliphatic heterocycles. The average molecular weight is 582 g/mol. The Balaban J connectivity index is 2.88. The lowest BCUT2D eigenvalue weighted by Crippen LogP contribution is -2.64. The van der Waals surface area contributed by atoms with Gasteiger partial charge in [-0.25, -0.2) is 0 Å². The largest absolute Gasteiger partial charge is 0.480 e. The first kappa shape index (κ1) is 35.5. The quantitative estimate of drug-likeness (QED) is 0.0671. The SMILES string of the molecule is CCN(CCN(CCN(CCN(C)CC(=O)O)CC(=O)NC1[C@H](O)OC(CO)[C@@H](O)[C@H]1O)CC(=O)O)CC(=O)O. The molecular formula is C23H43N5O12. The lowest BCUT2D eigenvalue weighted by molar-refractivity contribution is -0.253. The van der Waals surface area contributed by atoms with Gasteiger partial charge in [-0.1, -0.05) is 6.92 Å². The predicted octanol–water partition coefficient (Wildman–Crippen LogP) is -4.99. The van der Waals surface area contributed by atoms with E-state index >= 15 is 0 Å². The summed E-state index contributed by atoms with van der Waals surface area (Å²) in [6, 6.07) is -1.39. The van der Waals surface area contributed by atoms with Crippen LogP contribution < -0.4 is 5.32 Å². The maximum Gasteiger partial charge on any atom is 0.317 e. The van der Waals surface area contributed by atoms with Crippen LogP contribution in [0.15, 0.2) is 0 Å². The summed E-state index contributed by atoms with van der Waals surface area (Å²) >= 11 is 0. The third-order valence-corrected chi connectivity index (χ3v) is 6.43. The smallest absolute Gasteiger partial charge is 0.317 e. The average Bonchev–Trinajstić information content (AvgIpc) is 2.86. The van der Waals surface area contributed by atoms with E-state index in [-0.39, 0.29) is 58.9 Å². The second-order valence-corrected chi connectivity index (χ2v) is 9.66. The number of carbonyl (C=O) groups is 4. The summed E-state index contributed by atoms with van der Waals surface area (Å²) in [5.41, 5.74) is 0. The van der Waals surface area contributed by atoms with Gasteiger partial charge in [-0.3, -0.25) is 38.8 Å². The number of carbonyl (C=O) groups excluding carboxylic acids is 1. The number of rotatable bonds is 20. The van der Waals surface area contributed by atoms with Gasteiger partial charge in [0.25, 0.3) is 0 Å². The van der Waals surface area contributed by atoms with Crippen molar-refractivity contribution in [1.82, 2.24) is 24.9 Å². The van der Waals surface area contributed by atoms with Crippen LogP contribution in [-0.2, 0) is 23.9 Å². The standard InChI is InChI=1S/C23H43N5O12/c1-3-26(12-18(33)34)6-7-28(13-19(35)36)9-8-27(5-4-25(2)11-17(31)32)10-16(30)24-20-22(38)21(37)15(14-29)40-23(20)39/h15,20-23,29,37-39H,3-14H2,1-2H3,(H,24,30)(H,31,32)(H,33,34)(H,35,36)/t15?,20?,21-,22+,23-/m1/s1. The van der Waals surface area contributed by atoms with Crippen molar-refractivity contribution < 1.29 is 59.7 Å². The van der Waals surface area contributed by atoms with Crippen LogP contribution >= 0.6 is 0 Å². The zero-order valence-corrected chi connectivity index (χ0v) is 22.8. The Kier molecular flexibility index (Phi) is 16.0. The molecule has 5 atom stereocenters. The van der Waals surface area contributed by atoms with Gasteiger partial charge in [-0.2, -0.15) is 0 Å². The van der Waals surface area contributed by atoms with E-state index in [9.17, 15) is 44.7 Å². The summed E-state index contributed by atoms with van der Waals surface area (Å²) in [6.07, 6.45) is -6.13. The molecule has 1 rings (SSSR count). The molecule has 17 nitrogen and oxygen atoms in total. The molecular weight excluding hydrogens is 538 g/mol. The molecule has 0 radical (unpaired) electrons. The Labute approximate surface area is 232 Å². The summed E-state index contributed by atoms with van der Waals surface area (Å²) in [5.74, 6) is -3.80. The maximum absolute atomic E-state index is 12.8. The van der Waals surface area contributed by atoms with Crippen LogP contribution in [0.1, 0.15) is 6.92 Å². The van der Waals surface area contributed by atoms with Gasteiger partial charge in [0.2, 0.25) is 5.91 Å². The number of nitrogens with one attached hydrogen (secondary N) is 1. The molecule has 40 heavy (non-hydrogen) atoms. The van der Waals surface area contributed by atoms with Gasteiger partial charge in [-0.15, -0.1) is 0 Å². The van der Waals surface area contributed by atoms with Crippen LogP contribution in [0.5, 0.6) is 0 Å². The number of amides is 1. The van der Waals surface area contributed by atoms with Gasteiger partial charge in [-0.05, 0) is 13.6 Å². The van der Waals surface area contributed by atoms with Crippen LogP contribution in [0.4, 0.5) is 0 Å². The normalized spacial score (nSPS) is 23.2. The molecule has 0 aromatic heterocycles. The molecule has 1 aliphatic rings. The van der Waals surface area contributed by atoms with E-state index < -0.39 is 61.1 Å². The van der Waals surface area contributed by atoms with E-state index in [1.165, 1.54) is 4.90 Å². The first-order valence-corrected chi connectivity index (χ1v) is 12.9. The Morgan fingerprint density at radius 3 is 1.70 bits per heavy atom. The number of carboxylic acids is 3. The van der Waals surface area contributed by atoms with Crippen LogP contribution in [0.3, 0.4) is 0 Å². The maximum atomic E-state index is 12.8. The van der Waals surface area contributed by atoms with E-state index in [0.29, 0.717) is 13.1 Å². The number of ether oxygens (including phenoxy) is 1. The fraction of sp³-hybridized carbons (Fsp3) is 0.826. The van der Waals surface area contributed by atoms with Gasteiger partial charge < -0.3 is 45.8 Å². The highest BCUT2D eigenvalue weighted by Crippen LogP contribution is 2.19. The van der Waals surface area contributed by atoms with E-state index in [1.807, 2.05) is 0 Å². The van der Waals surface area contributed by atoms with Crippen molar-refractivity contribution in [3.63, 3.8) is 0 Å². The number of aliphatic hydroxyl groups is 4. The molecule has 0 aliphatic carbocycles. The number of hydrogen-bond acceptors (Lipinski definition) is 13. The van der Waals surface area contributed by atoms with Gasteiger partial charge in [0.15, 0.2) is 6.29 Å². The van der Waals surface area contributed by atoms with E-state index in [2.05, 4.69) is 5.32 Å². The van der Waals surface area contributed by atoms with E-state index in [4.69, 9.17) is 14.9 Å². The zero-order valence-electron chi connectivity index (χ0n) is 22.8. The molecule has 0 aromatic rings. The highest BCUT2D eigenvalue weighted by Gasteiger charge is 2.44. The Morgan fingerprint density at radius 2 is 1.20 bits per heavy atom. The van der Waals surface area contributed by atoms with Crippen molar-refractivity contribution in [2.75, 3.05) is 85.6 Å². The Morgan fingerprint density at radius 1 is 0.725 bits per heavy atom. The molecule has 8 N–H and O–H groups in total. The van der Waals surface area contributed by atoms with Crippen LogP contribution in [-0.4, -0.2) is 195 Å². The second-order valence-electron chi connectivity index (χ2n) is 9.66. The second kappa shape index (κ2) is 18.1. The van der Waals surface area contributed by atoms with Gasteiger partial charge in [0.05, 0.1) is 32.8 Å². The first-order chi connectivity index (χ1) is 18.8. The molecule has 1 heterocycles. The molecule has 0 aromatic carbocycles. The number of aliphatic carboxylic acids is 3. The molecule has 1 fully saturated rings. The zero-order chi connectivity index (χ0) is 30.4. The number of aliphatic hydroxyl groups excluding tert-OH is 4.